The molecule has 0 amide bonds. The Kier molecular flexibility index (Phi) is 8.72. The van der Waals surface area contributed by atoms with Crippen LogP contribution in [0.3, 0.4) is 0 Å². The summed E-state index contributed by atoms with van der Waals surface area (Å²) >= 11 is 0. The molecule has 0 aromatic heterocycles. The number of phenols is 1. The van der Waals surface area contributed by atoms with Gasteiger partial charge < -0.3 is 10.8 Å². The van der Waals surface area contributed by atoms with Gasteiger partial charge in [0, 0.05) is 6.42 Å². The molecular formula is C17H27NO2. The van der Waals surface area contributed by atoms with E-state index >= 15 is 0 Å². The molecule has 0 spiro atoms. The first-order valence-corrected chi connectivity index (χ1v) is 7.72. The van der Waals surface area contributed by atoms with Gasteiger partial charge in [-0.3, -0.25) is 4.79 Å². The molecule has 1 aromatic carbocycles. The normalized spacial score (nSPS) is 10.7. The van der Waals surface area contributed by atoms with Crippen LogP contribution in [0.25, 0.3) is 0 Å². The second-order valence-corrected chi connectivity index (χ2v) is 5.35. The summed E-state index contributed by atoms with van der Waals surface area (Å²) in [7, 11) is 0. The van der Waals surface area contributed by atoms with Crippen molar-refractivity contribution in [2.45, 2.75) is 57.8 Å². The van der Waals surface area contributed by atoms with Crippen molar-refractivity contribution in [1.82, 2.24) is 0 Å². The minimum absolute atomic E-state index is 0.174. The number of para-hydroxylation sites is 1. The number of ketones is 1. The molecule has 0 heterocycles. The van der Waals surface area contributed by atoms with Crippen molar-refractivity contribution in [3.8, 4) is 5.75 Å². The van der Waals surface area contributed by atoms with E-state index in [0.717, 1.165) is 31.2 Å². The minimum atomic E-state index is 0.174. The summed E-state index contributed by atoms with van der Waals surface area (Å²) in [4.78, 5) is 11.0. The predicted octanol–water partition coefficient (Wildman–Crippen LogP) is 3.58. The zero-order valence-corrected chi connectivity index (χ0v) is 12.3. The van der Waals surface area contributed by atoms with Gasteiger partial charge in [-0.1, -0.05) is 50.3 Å². The number of carbonyl (C=O) groups is 1. The summed E-state index contributed by atoms with van der Waals surface area (Å²) in [6.45, 7) is 0.187. The number of benzene rings is 1. The Morgan fingerprint density at radius 2 is 1.55 bits per heavy atom. The van der Waals surface area contributed by atoms with E-state index in [9.17, 15) is 9.90 Å². The Hall–Kier alpha value is -1.35. The van der Waals surface area contributed by atoms with Gasteiger partial charge in [0.05, 0.1) is 6.54 Å². The highest BCUT2D eigenvalue weighted by Crippen LogP contribution is 2.18. The number of Topliss-reactive ketones (excluding diaryl/α,β-unsaturated/α-hetero) is 1. The van der Waals surface area contributed by atoms with Gasteiger partial charge in [-0.25, -0.2) is 0 Å². The average molecular weight is 277 g/mol. The molecule has 0 aliphatic rings. The molecule has 0 radical (unpaired) electrons. The van der Waals surface area contributed by atoms with Crippen molar-refractivity contribution >= 4 is 5.78 Å². The maximum absolute atomic E-state index is 11.0. The number of nitrogens with two attached hydrogens (primary N) is 1. The standard InChI is InChI=1S/C17H27NO2/c18-14-16(19)12-7-5-3-1-2-4-6-10-15-11-8-9-13-17(15)20/h8-9,11,13,20H,1-7,10,12,14,18H2. The van der Waals surface area contributed by atoms with Crippen molar-refractivity contribution in [3.63, 3.8) is 0 Å². The first-order valence-electron chi connectivity index (χ1n) is 7.72. The molecule has 20 heavy (non-hydrogen) atoms. The Morgan fingerprint density at radius 3 is 2.20 bits per heavy atom. The van der Waals surface area contributed by atoms with Gasteiger partial charge in [0.2, 0.25) is 0 Å². The minimum Gasteiger partial charge on any atom is -0.508 e. The quantitative estimate of drug-likeness (QED) is 0.608. The molecule has 3 N–H and O–H groups in total. The molecule has 0 aliphatic heterocycles. The Morgan fingerprint density at radius 1 is 0.950 bits per heavy atom. The highest BCUT2D eigenvalue weighted by atomic mass is 16.3. The number of phenolic OH excluding ortho intramolecular Hbond substituents is 1. The maximum Gasteiger partial charge on any atom is 0.146 e. The zero-order chi connectivity index (χ0) is 14.6. The Bertz CT molecular complexity index is 390. The first-order chi connectivity index (χ1) is 9.74. The molecule has 112 valence electrons. The van der Waals surface area contributed by atoms with Crippen LogP contribution in [0.4, 0.5) is 0 Å². The number of hydrogen-bond donors (Lipinski definition) is 2. The van der Waals surface area contributed by atoms with Gasteiger partial charge in [-0.2, -0.15) is 0 Å². The topological polar surface area (TPSA) is 63.3 Å². The van der Waals surface area contributed by atoms with E-state index in [1.807, 2.05) is 18.2 Å². The number of unbranched alkanes of at least 4 members (excludes halogenated alkanes) is 6. The zero-order valence-electron chi connectivity index (χ0n) is 12.3. The summed E-state index contributed by atoms with van der Waals surface area (Å²) in [5.41, 5.74) is 6.31. The van der Waals surface area contributed by atoms with Crippen molar-refractivity contribution in [3.05, 3.63) is 29.8 Å². The van der Waals surface area contributed by atoms with E-state index in [4.69, 9.17) is 5.73 Å². The molecule has 1 aromatic rings. The van der Waals surface area contributed by atoms with Gasteiger partial charge >= 0.3 is 0 Å². The summed E-state index contributed by atoms with van der Waals surface area (Å²) < 4.78 is 0. The lowest BCUT2D eigenvalue weighted by atomic mass is 10.0. The van der Waals surface area contributed by atoms with Crippen LogP contribution in [0.5, 0.6) is 5.75 Å². The van der Waals surface area contributed by atoms with E-state index < -0.39 is 0 Å². The van der Waals surface area contributed by atoms with E-state index in [1.54, 1.807) is 6.07 Å². The van der Waals surface area contributed by atoms with E-state index in [-0.39, 0.29) is 12.3 Å². The van der Waals surface area contributed by atoms with Gasteiger partial charge in [0.1, 0.15) is 11.5 Å². The second-order valence-electron chi connectivity index (χ2n) is 5.35. The van der Waals surface area contributed by atoms with Crippen LogP contribution in [0.2, 0.25) is 0 Å². The van der Waals surface area contributed by atoms with Gasteiger partial charge in [0.25, 0.3) is 0 Å². The molecular weight excluding hydrogens is 250 g/mol. The van der Waals surface area contributed by atoms with E-state index in [0.29, 0.717) is 12.2 Å². The van der Waals surface area contributed by atoms with Crippen molar-refractivity contribution in [2.24, 2.45) is 5.73 Å². The van der Waals surface area contributed by atoms with E-state index in [2.05, 4.69) is 0 Å². The lowest BCUT2D eigenvalue weighted by Gasteiger charge is -2.04. The number of aryl methyl sites for hydroxylation is 1. The summed E-state index contributed by atoms with van der Waals surface area (Å²) in [6, 6.07) is 7.56. The van der Waals surface area contributed by atoms with Crippen LogP contribution in [0, 0.1) is 0 Å². The fraction of sp³-hybridized carbons (Fsp3) is 0.588. The van der Waals surface area contributed by atoms with Crippen LogP contribution in [0.15, 0.2) is 24.3 Å². The third-order valence-electron chi connectivity index (χ3n) is 3.62. The predicted molar refractivity (Wildman–Crippen MR) is 82.8 cm³/mol. The van der Waals surface area contributed by atoms with Crippen molar-refractivity contribution in [2.75, 3.05) is 6.54 Å². The number of carbonyl (C=O) groups excluding carboxylic acids is 1. The Balaban J connectivity index is 1.93. The summed E-state index contributed by atoms with van der Waals surface area (Å²) in [6.07, 6.45) is 9.71. The maximum atomic E-state index is 11.0. The smallest absolute Gasteiger partial charge is 0.146 e. The molecule has 1 rings (SSSR count). The largest absolute Gasteiger partial charge is 0.508 e. The van der Waals surface area contributed by atoms with Crippen LogP contribution in [-0.2, 0) is 11.2 Å². The lowest BCUT2D eigenvalue weighted by molar-refractivity contribution is -0.117. The lowest BCUT2D eigenvalue weighted by Crippen LogP contribution is -2.12. The molecule has 3 nitrogen and oxygen atoms in total. The monoisotopic (exact) mass is 277 g/mol. The van der Waals surface area contributed by atoms with Gasteiger partial charge in [0.15, 0.2) is 0 Å². The molecule has 0 aliphatic carbocycles. The molecule has 0 saturated heterocycles. The SMILES string of the molecule is NCC(=O)CCCCCCCCCc1ccccc1O. The van der Waals surface area contributed by atoms with E-state index in [1.165, 1.54) is 25.7 Å². The van der Waals surface area contributed by atoms with Crippen LogP contribution >= 0.6 is 0 Å². The van der Waals surface area contributed by atoms with Gasteiger partial charge in [-0.05, 0) is 30.9 Å². The van der Waals surface area contributed by atoms with Crippen LogP contribution in [-0.4, -0.2) is 17.4 Å². The fourth-order valence-corrected chi connectivity index (χ4v) is 2.35. The van der Waals surface area contributed by atoms with Gasteiger partial charge in [-0.15, -0.1) is 0 Å². The number of rotatable bonds is 11. The number of aromatic hydroxyl groups is 1. The summed E-state index contributed by atoms with van der Waals surface area (Å²) in [5, 5.41) is 9.64. The fourth-order valence-electron chi connectivity index (χ4n) is 2.35. The first kappa shape index (κ1) is 16.7. The summed E-state index contributed by atoms with van der Waals surface area (Å²) in [5.74, 6) is 0.588. The number of hydrogen-bond acceptors (Lipinski definition) is 3. The van der Waals surface area contributed by atoms with Crippen LogP contribution in [0.1, 0.15) is 56.9 Å². The second kappa shape index (κ2) is 10.4. The third-order valence-corrected chi connectivity index (χ3v) is 3.62. The Labute approximate surface area is 122 Å². The highest BCUT2D eigenvalue weighted by molar-refractivity contribution is 5.80. The van der Waals surface area contributed by atoms with Crippen LogP contribution < -0.4 is 5.73 Å². The molecule has 0 saturated carbocycles. The average Bonchev–Trinajstić information content (AvgIpc) is 2.47. The molecule has 0 bridgehead atoms. The molecule has 3 heteroatoms. The molecule has 0 fully saturated rings. The molecule has 0 unspecified atom stereocenters. The molecule has 0 atom stereocenters. The van der Waals surface area contributed by atoms with Crippen molar-refractivity contribution < 1.29 is 9.90 Å². The third kappa shape index (κ3) is 7.29. The van der Waals surface area contributed by atoms with Crippen molar-refractivity contribution in [1.29, 1.82) is 0 Å². The highest BCUT2D eigenvalue weighted by Gasteiger charge is 2.00.